The van der Waals surface area contributed by atoms with E-state index >= 15 is 0 Å². The summed E-state index contributed by atoms with van der Waals surface area (Å²) in [7, 11) is 0. The number of carbonyl (C=O) groups excluding carboxylic acids is 2. The molecule has 0 aromatic carbocycles. The Morgan fingerprint density at radius 2 is 2.15 bits per heavy atom. The summed E-state index contributed by atoms with van der Waals surface area (Å²) in [6.45, 7) is 10.5. The highest BCUT2D eigenvalue weighted by Gasteiger charge is 2.61. The number of fused-ring (bicyclic) bond motifs is 2. The van der Waals surface area contributed by atoms with E-state index in [2.05, 4.69) is 36.6 Å². The average Bonchev–Trinajstić information content (AvgIpc) is 3.13. The van der Waals surface area contributed by atoms with E-state index < -0.39 is 0 Å². The maximum atomic E-state index is 12.4. The van der Waals surface area contributed by atoms with Crippen LogP contribution in [0.5, 0.6) is 0 Å². The van der Waals surface area contributed by atoms with Gasteiger partial charge in [-0.15, -0.1) is 11.8 Å². The van der Waals surface area contributed by atoms with Crippen LogP contribution in [0.4, 0.5) is 5.82 Å². The number of carbonyl (C=O) groups is 2. The summed E-state index contributed by atoms with van der Waals surface area (Å²) < 4.78 is 4.93. The summed E-state index contributed by atoms with van der Waals surface area (Å²) >= 11 is 1.34. The molecule has 1 heterocycles. The molecular weight excluding hydrogens is 350 g/mol. The fourth-order valence-electron chi connectivity index (χ4n) is 4.59. The molecule has 0 saturated heterocycles. The zero-order valence-corrected chi connectivity index (χ0v) is 17.0. The number of aryl methyl sites for hydroxylation is 1. The van der Waals surface area contributed by atoms with Gasteiger partial charge in [0.1, 0.15) is 5.76 Å². The molecule has 26 heavy (non-hydrogen) atoms. The second-order valence-electron chi connectivity index (χ2n) is 8.50. The number of aromatic nitrogens is 1. The van der Waals surface area contributed by atoms with Gasteiger partial charge in [-0.2, -0.15) is 0 Å². The molecule has 2 amide bonds. The lowest BCUT2D eigenvalue weighted by Gasteiger charge is -2.39. The van der Waals surface area contributed by atoms with Crippen LogP contribution in [0, 0.1) is 23.7 Å². The van der Waals surface area contributed by atoms with Crippen molar-refractivity contribution in [3.8, 4) is 0 Å². The number of hydrogen-bond donors (Lipinski definition) is 2. The van der Waals surface area contributed by atoms with Gasteiger partial charge in [0.15, 0.2) is 5.82 Å². The maximum Gasteiger partial charge on any atom is 0.238 e. The first-order valence-electron chi connectivity index (χ1n) is 9.28. The fourth-order valence-corrected chi connectivity index (χ4v) is 5.28. The minimum atomic E-state index is -0.343. The minimum absolute atomic E-state index is 0.0153. The molecule has 4 atom stereocenters. The number of hydrogen-bond acceptors (Lipinski definition) is 5. The van der Waals surface area contributed by atoms with E-state index in [0.717, 1.165) is 6.42 Å². The maximum absolute atomic E-state index is 12.4. The first-order chi connectivity index (χ1) is 12.1. The van der Waals surface area contributed by atoms with Crippen molar-refractivity contribution in [3.05, 3.63) is 11.8 Å². The highest BCUT2D eigenvalue weighted by Crippen LogP contribution is 2.65. The molecule has 2 saturated carbocycles. The van der Waals surface area contributed by atoms with Crippen LogP contribution in [0.3, 0.4) is 0 Å². The molecule has 0 spiro atoms. The Kier molecular flexibility index (Phi) is 5.12. The molecule has 3 rings (SSSR count). The lowest BCUT2D eigenvalue weighted by molar-refractivity contribution is -0.120. The van der Waals surface area contributed by atoms with Crippen LogP contribution < -0.4 is 10.6 Å². The molecule has 1 aromatic heterocycles. The van der Waals surface area contributed by atoms with Gasteiger partial charge >= 0.3 is 0 Å². The van der Waals surface area contributed by atoms with Crippen molar-refractivity contribution in [2.24, 2.45) is 16.7 Å². The Morgan fingerprint density at radius 1 is 1.42 bits per heavy atom. The standard InChI is InChI=1S/C19H29N3O3S/c1-11-8-15(22-25-11)21-17(24)12(2)26-10-16(23)20-14-9-13-6-7-19(14,5)18(13,3)4/h8,12-14H,6-7,9-10H2,1-5H3,(H,20,23)(H,21,22,24)/t12-,13-,14-,19-/m1/s1. The number of anilines is 1. The van der Waals surface area contributed by atoms with Crippen molar-refractivity contribution in [2.75, 3.05) is 11.1 Å². The van der Waals surface area contributed by atoms with Gasteiger partial charge in [-0.25, -0.2) is 0 Å². The molecule has 0 aliphatic heterocycles. The Hall–Kier alpha value is -1.50. The Labute approximate surface area is 159 Å². The monoisotopic (exact) mass is 379 g/mol. The van der Waals surface area contributed by atoms with Crippen LogP contribution in [0.15, 0.2) is 10.6 Å². The molecule has 2 aliphatic rings. The summed E-state index contributed by atoms with van der Waals surface area (Å²) in [6.07, 6.45) is 3.52. The van der Waals surface area contributed by atoms with Crippen LogP contribution >= 0.6 is 11.8 Å². The van der Waals surface area contributed by atoms with Gasteiger partial charge in [0.25, 0.3) is 0 Å². The van der Waals surface area contributed by atoms with Crippen molar-refractivity contribution in [1.29, 1.82) is 0 Å². The quantitative estimate of drug-likeness (QED) is 0.792. The van der Waals surface area contributed by atoms with Crippen LogP contribution in [0.1, 0.15) is 52.7 Å². The number of nitrogens with one attached hydrogen (secondary N) is 2. The van der Waals surface area contributed by atoms with Crippen LogP contribution in [-0.2, 0) is 9.59 Å². The Bertz CT molecular complexity index is 702. The SMILES string of the molecule is Cc1cc(NC(=O)[C@@H](C)SCC(=O)N[C@@H]2C[C@H]3CC[C@@]2(C)C3(C)C)no1. The number of rotatable bonds is 6. The van der Waals surface area contributed by atoms with E-state index in [4.69, 9.17) is 4.52 Å². The summed E-state index contributed by atoms with van der Waals surface area (Å²) in [5.41, 5.74) is 0.451. The normalized spacial score (nSPS) is 30.2. The molecule has 7 heteroatoms. The van der Waals surface area contributed by atoms with Crippen molar-refractivity contribution >= 4 is 29.4 Å². The molecule has 2 N–H and O–H groups in total. The number of amides is 2. The van der Waals surface area contributed by atoms with Gasteiger partial charge in [-0.3, -0.25) is 9.59 Å². The molecule has 6 nitrogen and oxygen atoms in total. The second kappa shape index (κ2) is 6.91. The predicted octanol–water partition coefficient (Wildman–Crippen LogP) is 3.37. The Balaban J connectivity index is 1.46. The van der Waals surface area contributed by atoms with Gasteiger partial charge in [-0.1, -0.05) is 25.9 Å². The van der Waals surface area contributed by atoms with Crippen LogP contribution in [0.25, 0.3) is 0 Å². The van der Waals surface area contributed by atoms with Gasteiger partial charge < -0.3 is 15.2 Å². The van der Waals surface area contributed by atoms with E-state index in [0.29, 0.717) is 17.5 Å². The van der Waals surface area contributed by atoms with Crippen molar-refractivity contribution < 1.29 is 14.1 Å². The van der Waals surface area contributed by atoms with Gasteiger partial charge in [-0.05, 0) is 49.9 Å². The van der Waals surface area contributed by atoms with E-state index in [-0.39, 0.29) is 39.7 Å². The van der Waals surface area contributed by atoms with Crippen molar-refractivity contribution in [1.82, 2.24) is 10.5 Å². The zero-order chi connectivity index (χ0) is 19.1. The van der Waals surface area contributed by atoms with E-state index in [1.54, 1.807) is 19.9 Å². The summed E-state index contributed by atoms with van der Waals surface area (Å²) in [5.74, 6) is 1.86. The summed E-state index contributed by atoms with van der Waals surface area (Å²) in [5, 5.41) is 9.34. The molecule has 2 fully saturated rings. The predicted molar refractivity (Wildman–Crippen MR) is 103 cm³/mol. The van der Waals surface area contributed by atoms with E-state index in [9.17, 15) is 9.59 Å². The third kappa shape index (κ3) is 3.38. The van der Waals surface area contributed by atoms with Crippen LogP contribution in [-0.4, -0.2) is 34.0 Å². The van der Waals surface area contributed by atoms with E-state index in [1.807, 2.05) is 0 Å². The lowest BCUT2D eigenvalue weighted by Crippen LogP contribution is -2.47. The second-order valence-corrected chi connectivity index (χ2v) is 9.82. The molecule has 0 unspecified atom stereocenters. The third-order valence-electron chi connectivity index (χ3n) is 6.84. The average molecular weight is 380 g/mol. The van der Waals surface area contributed by atoms with Crippen molar-refractivity contribution in [2.45, 2.75) is 65.2 Å². The Morgan fingerprint density at radius 3 is 2.69 bits per heavy atom. The van der Waals surface area contributed by atoms with Gasteiger partial charge in [0.2, 0.25) is 11.8 Å². The summed E-state index contributed by atoms with van der Waals surface area (Å²) in [6, 6.07) is 1.91. The first-order valence-corrected chi connectivity index (χ1v) is 10.3. The lowest BCUT2D eigenvalue weighted by atomic mass is 9.69. The van der Waals surface area contributed by atoms with Gasteiger partial charge in [0.05, 0.1) is 11.0 Å². The highest BCUT2D eigenvalue weighted by molar-refractivity contribution is 8.01. The highest BCUT2D eigenvalue weighted by atomic mass is 32.2. The molecule has 2 bridgehead atoms. The molecule has 0 radical (unpaired) electrons. The molecule has 144 valence electrons. The van der Waals surface area contributed by atoms with E-state index in [1.165, 1.54) is 24.6 Å². The van der Waals surface area contributed by atoms with Gasteiger partial charge in [0, 0.05) is 12.1 Å². The largest absolute Gasteiger partial charge is 0.360 e. The first kappa shape index (κ1) is 19.3. The summed E-state index contributed by atoms with van der Waals surface area (Å²) in [4.78, 5) is 24.6. The minimum Gasteiger partial charge on any atom is -0.360 e. The molecule has 2 aliphatic carbocycles. The fraction of sp³-hybridized carbons (Fsp3) is 0.737. The topological polar surface area (TPSA) is 84.2 Å². The smallest absolute Gasteiger partial charge is 0.238 e. The number of thioether (sulfide) groups is 1. The number of nitrogens with zero attached hydrogens (tertiary/aromatic N) is 1. The zero-order valence-electron chi connectivity index (χ0n) is 16.2. The molecular formula is C19H29N3O3S. The third-order valence-corrected chi connectivity index (χ3v) is 7.99. The molecule has 1 aromatic rings. The van der Waals surface area contributed by atoms with Crippen LogP contribution in [0.2, 0.25) is 0 Å². The van der Waals surface area contributed by atoms with Crippen molar-refractivity contribution in [3.63, 3.8) is 0 Å².